The molecule has 1 aromatic heterocycles. The molecule has 3 heteroatoms. The molecule has 0 spiro atoms. The summed E-state index contributed by atoms with van der Waals surface area (Å²) in [6.45, 7) is 9.34. The molecule has 1 aliphatic carbocycles. The molecule has 0 atom stereocenters. The summed E-state index contributed by atoms with van der Waals surface area (Å²) in [6.07, 6.45) is 4.55. The van der Waals surface area contributed by atoms with Crippen LogP contribution >= 0.6 is 0 Å². The molecule has 0 aromatic carbocycles. The summed E-state index contributed by atoms with van der Waals surface area (Å²) in [6, 6.07) is 2.67. The maximum Gasteiger partial charge on any atom is 0.223 e. The van der Waals surface area contributed by atoms with Gasteiger partial charge in [0.1, 0.15) is 0 Å². The van der Waals surface area contributed by atoms with Crippen LogP contribution in [0.2, 0.25) is 0 Å². The predicted molar refractivity (Wildman–Crippen MR) is 78.1 cm³/mol. The Labute approximate surface area is 116 Å². The van der Waals surface area contributed by atoms with Crippen molar-refractivity contribution in [3.05, 3.63) is 23.0 Å². The highest BCUT2D eigenvalue weighted by Crippen LogP contribution is 2.25. The number of carbonyl (C=O) groups excluding carboxylic acids is 1. The van der Waals surface area contributed by atoms with Crippen molar-refractivity contribution in [2.24, 2.45) is 5.92 Å². The Morgan fingerprint density at radius 1 is 1.37 bits per heavy atom. The number of hydrogen-bond acceptors (Lipinski definition) is 1. The second-order valence-electron chi connectivity index (χ2n) is 6.06. The van der Waals surface area contributed by atoms with Gasteiger partial charge >= 0.3 is 0 Å². The number of carbonyl (C=O) groups is 1. The summed E-state index contributed by atoms with van der Waals surface area (Å²) in [5, 5.41) is 3.11. The standard InChI is InChI=1S/C16H26N2O/c1-11(2)18-12(3)9-15(13(18)4)10-17-16(19)14-7-5-6-8-14/h9,11,14H,5-8,10H2,1-4H3,(H,17,19). The Hall–Kier alpha value is -1.25. The SMILES string of the molecule is Cc1cc(CNC(=O)C2CCCC2)c(C)n1C(C)C. The van der Waals surface area contributed by atoms with Crippen molar-refractivity contribution in [1.29, 1.82) is 0 Å². The van der Waals surface area contributed by atoms with Gasteiger partial charge in [0.05, 0.1) is 0 Å². The number of hydrogen-bond donors (Lipinski definition) is 1. The van der Waals surface area contributed by atoms with Crippen LogP contribution in [0.1, 0.15) is 62.5 Å². The minimum atomic E-state index is 0.242. The third-order valence-electron chi connectivity index (χ3n) is 4.28. The average Bonchev–Trinajstić information content (AvgIpc) is 2.94. The topological polar surface area (TPSA) is 34.0 Å². The average molecular weight is 262 g/mol. The summed E-state index contributed by atoms with van der Waals surface area (Å²) >= 11 is 0. The van der Waals surface area contributed by atoms with Gasteiger partial charge in [0.25, 0.3) is 0 Å². The lowest BCUT2D eigenvalue weighted by Gasteiger charge is -2.14. The van der Waals surface area contributed by atoms with Gasteiger partial charge in [-0.25, -0.2) is 0 Å². The molecule has 1 saturated carbocycles. The molecule has 1 N–H and O–H groups in total. The third-order valence-corrected chi connectivity index (χ3v) is 4.28. The van der Waals surface area contributed by atoms with Gasteiger partial charge in [-0.1, -0.05) is 12.8 Å². The van der Waals surface area contributed by atoms with Gasteiger partial charge in [-0.3, -0.25) is 4.79 Å². The molecule has 1 fully saturated rings. The molecule has 1 aromatic rings. The molecular formula is C16H26N2O. The molecule has 1 heterocycles. The molecule has 0 bridgehead atoms. The Morgan fingerprint density at radius 3 is 2.53 bits per heavy atom. The van der Waals surface area contributed by atoms with E-state index >= 15 is 0 Å². The van der Waals surface area contributed by atoms with E-state index in [2.05, 4.69) is 43.6 Å². The van der Waals surface area contributed by atoms with Crippen molar-refractivity contribution in [2.75, 3.05) is 0 Å². The predicted octanol–water partition coefficient (Wildman–Crippen LogP) is 3.49. The zero-order chi connectivity index (χ0) is 14.0. The Balaban J connectivity index is 1.99. The summed E-state index contributed by atoms with van der Waals surface area (Å²) in [5.74, 6) is 0.500. The van der Waals surface area contributed by atoms with Crippen LogP contribution in [-0.4, -0.2) is 10.5 Å². The minimum Gasteiger partial charge on any atom is -0.352 e. The second kappa shape index (κ2) is 5.81. The van der Waals surface area contributed by atoms with Gasteiger partial charge in [-0.05, 0) is 52.2 Å². The van der Waals surface area contributed by atoms with E-state index in [9.17, 15) is 4.79 Å². The van der Waals surface area contributed by atoms with Crippen LogP contribution in [0.25, 0.3) is 0 Å². The molecule has 106 valence electrons. The van der Waals surface area contributed by atoms with E-state index in [4.69, 9.17) is 0 Å². The highest BCUT2D eigenvalue weighted by molar-refractivity contribution is 5.78. The lowest BCUT2D eigenvalue weighted by molar-refractivity contribution is -0.124. The van der Waals surface area contributed by atoms with Crippen LogP contribution in [-0.2, 0) is 11.3 Å². The number of rotatable bonds is 4. The van der Waals surface area contributed by atoms with E-state index in [1.165, 1.54) is 29.8 Å². The molecule has 0 saturated heterocycles. The van der Waals surface area contributed by atoms with E-state index < -0.39 is 0 Å². The van der Waals surface area contributed by atoms with Crippen LogP contribution in [0, 0.1) is 19.8 Å². The number of amides is 1. The van der Waals surface area contributed by atoms with Gasteiger partial charge in [0.2, 0.25) is 5.91 Å². The maximum absolute atomic E-state index is 12.0. The van der Waals surface area contributed by atoms with E-state index in [-0.39, 0.29) is 11.8 Å². The van der Waals surface area contributed by atoms with Crippen molar-refractivity contribution >= 4 is 5.91 Å². The first-order valence-corrected chi connectivity index (χ1v) is 7.45. The second-order valence-corrected chi connectivity index (χ2v) is 6.06. The van der Waals surface area contributed by atoms with Crippen molar-refractivity contribution in [2.45, 2.75) is 66.0 Å². The smallest absolute Gasteiger partial charge is 0.223 e. The van der Waals surface area contributed by atoms with Gasteiger partial charge in [0.15, 0.2) is 0 Å². The van der Waals surface area contributed by atoms with E-state index in [0.29, 0.717) is 12.6 Å². The first-order valence-electron chi connectivity index (χ1n) is 7.45. The van der Waals surface area contributed by atoms with Gasteiger partial charge in [0, 0.05) is 29.9 Å². The molecule has 3 nitrogen and oxygen atoms in total. The summed E-state index contributed by atoms with van der Waals surface area (Å²) in [5.41, 5.74) is 3.80. The normalized spacial score (nSPS) is 16.3. The van der Waals surface area contributed by atoms with E-state index in [0.717, 1.165) is 12.8 Å². The molecule has 19 heavy (non-hydrogen) atoms. The molecule has 2 rings (SSSR count). The van der Waals surface area contributed by atoms with Gasteiger partial charge in [-0.2, -0.15) is 0 Å². The molecule has 1 amide bonds. The van der Waals surface area contributed by atoms with Crippen LogP contribution in [0.5, 0.6) is 0 Å². The molecule has 0 unspecified atom stereocenters. The molecular weight excluding hydrogens is 236 g/mol. The summed E-state index contributed by atoms with van der Waals surface area (Å²) < 4.78 is 2.33. The highest BCUT2D eigenvalue weighted by atomic mass is 16.1. The van der Waals surface area contributed by atoms with Gasteiger partial charge in [-0.15, -0.1) is 0 Å². The lowest BCUT2D eigenvalue weighted by Crippen LogP contribution is -2.28. The third kappa shape index (κ3) is 3.02. The fourth-order valence-corrected chi connectivity index (χ4v) is 3.33. The monoisotopic (exact) mass is 262 g/mol. The molecule has 1 aliphatic rings. The fourth-order valence-electron chi connectivity index (χ4n) is 3.33. The first-order chi connectivity index (χ1) is 9.00. The Bertz CT molecular complexity index is 454. The van der Waals surface area contributed by atoms with E-state index in [1.54, 1.807) is 0 Å². The molecule has 0 radical (unpaired) electrons. The van der Waals surface area contributed by atoms with Crippen molar-refractivity contribution in [1.82, 2.24) is 9.88 Å². The number of nitrogens with zero attached hydrogens (tertiary/aromatic N) is 1. The Morgan fingerprint density at radius 2 is 2.00 bits per heavy atom. The van der Waals surface area contributed by atoms with Crippen molar-refractivity contribution < 1.29 is 4.79 Å². The zero-order valence-corrected chi connectivity index (χ0v) is 12.6. The Kier molecular flexibility index (Phi) is 4.33. The summed E-state index contributed by atoms with van der Waals surface area (Å²) in [7, 11) is 0. The van der Waals surface area contributed by atoms with E-state index in [1.807, 2.05) is 0 Å². The number of aromatic nitrogens is 1. The highest BCUT2D eigenvalue weighted by Gasteiger charge is 2.22. The van der Waals surface area contributed by atoms with Crippen molar-refractivity contribution in [3.8, 4) is 0 Å². The van der Waals surface area contributed by atoms with Gasteiger partial charge < -0.3 is 9.88 Å². The first kappa shape index (κ1) is 14.2. The summed E-state index contributed by atoms with van der Waals surface area (Å²) in [4.78, 5) is 12.0. The molecule has 0 aliphatic heterocycles. The zero-order valence-electron chi connectivity index (χ0n) is 12.6. The largest absolute Gasteiger partial charge is 0.352 e. The maximum atomic E-state index is 12.0. The number of nitrogens with one attached hydrogen (secondary N) is 1. The lowest BCUT2D eigenvalue weighted by atomic mass is 10.1. The number of aryl methyl sites for hydroxylation is 1. The fraction of sp³-hybridized carbons (Fsp3) is 0.688. The van der Waals surface area contributed by atoms with Crippen LogP contribution in [0.4, 0.5) is 0 Å². The minimum absolute atomic E-state index is 0.242. The van der Waals surface area contributed by atoms with Crippen LogP contribution in [0.3, 0.4) is 0 Å². The quantitative estimate of drug-likeness (QED) is 0.885. The van der Waals surface area contributed by atoms with Crippen LogP contribution in [0.15, 0.2) is 6.07 Å². The van der Waals surface area contributed by atoms with Crippen LogP contribution < -0.4 is 5.32 Å². The van der Waals surface area contributed by atoms with Crippen molar-refractivity contribution in [3.63, 3.8) is 0 Å².